The summed E-state index contributed by atoms with van der Waals surface area (Å²) in [5.74, 6) is 9.53. The Morgan fingerprint density at radius 1 is 0.702 bits per heavy atom. The number of carbonyl (C=O) groups is 2. The summed E-state index contributed by atoms with van der Waals surface area (Å²) in [6.45, 7) is 22.4. The molecule has 0 heterocycles. The number of aliphatic hydroxyl groups excluding tert-OH is 1. The maximum absolute atomic E-state index is 12.0. The van der Waals surface area contributed by atoms with Gasteiger partial charge in [0.25, 0.3) is 0 Å². The summed E-state index contributed by atoms with van der Waals surface area (Å²) in [5.41, 5.74) is 4.68. The first-order valence-electron chi connectivity index (χ1n) is 24.8. The van der Waals surface area contributed by atoms with Crippen LogP contribution in [-0.2, 0) is 9.59 Å². The van der Waals surface area contributed by atoms with Gasteiger partial charge in [-0.25, -0.2) is 0 Å². The minimum absolute atomic E-state index is 0.0794. The highest BCUT2D eigenvalue weighted by Gasteiger charge is 2.61. The largest absolute Gasteiger partial charge is 0.481 e. The molecule has 4 unspecified atom stereocenters. The summed E-state index contributed by atoms with van der Waals surface area (Å²) in [4.78, 5) is 23.0. The average Bonchev–Trinajstić information content (AvgIpc) is 3.71. The fourth-order valence-corrected chi connectivity index (χ4v) is 17.4. The van der Waals surface area contributed by atoms with Gasteiger partial charge in [0.2, 0.25) is 0 Å². The molecular weight excluding hydrogens is 701 g/mol. The van der Waals surface area contributed by atoms with Crippen molar-refractivity contribution in [3.05, 3.63) is 23.3 Å². The van der Waals surface area contributed by atoms with E-state index in [1.165, 1.54) is 95.5 Å². The molecule has 4 nitrogen and oxygen atoms in total. The van der Waals surface area contributed by atoms with E-state index < -0.39 is 5.97 Å². The molecule has 57 heavy (non-hydrogen) atoms. The summed E-state index contributed by atoms with van der Waals surface area (Å²) >= 11 is 0. The van der Waals surface area contributed by atoms with Crippen LogP contribution in [0.3, 0.4) is 0 Å². The van der Waals surface area contributed by atoms with Gasteiger partial charge in [-0.3, -0.25) is 9.59 Å². The minimum atomic E-state index is -0.656. The SMILES string of the molecule is CC[C@H](CC[C@@H](C)[C@H]1CCC2[C@@H]3CC=C4C[C@@H](O)CC[C@]4(C)C3CC[C@@]21C)C(C)C.C[C@H](CCC(=O)O)[C@H]1CCC2[C@@H]3CCC4=CC(=O)CC[C@]4(C)C3CC[C@@]21C. The number of ketones is 1. The number of hydrogen-bond acceptors (Lipinski definition) is 3. The topological polar surface area (TPSA) is 74.6 Å². The van der Waals surface area contributed by atoms with Gasteiger partial charge in [-0.1, -0.05) is 92.4 Å². The van der Waals surface area contributed by atoms with Gasteiger partial charge in [-0.15, -0.1) is 0 Å². The summed E-state index contributed by atoms with van der Waals surface area (Å²) in [6.07, 6.45) is 29.6. The zero-order valence-electron chi connectivity index (χ0n) is 38.2. The molecule has 0 amide bonds. The van der Waals surface area contributed by atoms with Crippen molar-refractivity contribution in [2.45, 2.75) is 203 Å². The Hall–Kier alpha value is -1.42. The van der Waals surface area contributed by atoms with Gasteiger partial charge >= 0.3 is 5.97 Å². The first-order chi connectivity index (χ1) is 27.0. The number of allylic oxidation sites excluding steroid dienone is 2. The standard InChI is InChI=1S/C29H50O.C24H36O3/c1-7-21(19(2)3)9-8-20(4)25-12-13-26-24-11-10-22-18-23(30)14-16-28(22,5)27(24)15-17-29(25,26)6;1-15(4-9-22(26)27)19-7-8-20-18-6-5-16-14-17(25)10-12-23(16,2)21(18)11-13-24(19,20)3/h10,19-21,23-27,30H,7-9,11-18H2,1-6H3;14-15,18-21H,4-13H2,1-3H3,(H,26,27)/t20-,21-,23+,24+,25-,26?,27?,28+,29-;15-,18+,19-,20?,21?,23+,24-/m11/s1. The lowest BCUT2D eigenvalue weighted by atomic mass is 9.46. The van der Waals surface area contributed by atoms with Crippen molar-refractivity contribution in [1.82, 2.24) is 0 Å². The summed E-state index contributed by atoms with van der Waals surface area (Å²) in [7, 11) is 0. The third kappa shape index (κ3) is 7.86. The van der Waals surface area contributed by atoms with E-state index in [1.54, 1.807) is 5.57 Å². The van der Waals surface area contributed by atoms with Crippen LogP contribution in [0.4, 0.5) is 0 Å². The van der Waals surface area contributed by atoms with Crippen molar-refractivity contribution in [3.8, 4) is 0 Å². The first-order valence-corrected chi connectivity index (χ1v) is 24.8. The molecule has 8 rings (SSSR count). The summed E-state index contributed by atoms with van der Waals surface area (Å²) in [5, 5.41) is 19.3. The van der Waals surface area contributed by atoms with Crippen molar-refractivity contribution in [1.29, 1.82) is 0 Å². The van der Waals surface area contributed by atoms with Crippen LogP contribution in [0.15, 0.2) is 23.3 Å². The number of carboxylic acid groups (broad SMARTS) is 1. The van der Waals surface area contributed by atoms with Gasteiger partial charge < -0.3 is 10.2 Å². The van der Waals surface area contributed by atoms with Crippen LogP contribution in [0, 0.1) is 92.7 Å². The maximum Gasteiger partial charge on any atom is 0.303 e. The van der Waals surface area contributed by atoms with E-state index in [0.717, 1.165) is 97.7 Å². The van der Waals surface area contributed by atoms with Crippen molar-refractivity contribution in [2.24, 2.45) is 92.7 Å². The molecule has 16 atom stereocenters. The highest BCUT2D eigenvalue weighted by Crippen LogP contribution is 2.69. The third-order valence-electron chi connectivity index (χ3n) is 20.8. The van der Waals surface area contributed by atoms with Crippen molar-refractivity contribution in [2.75, 3.05) is 0 Å². The lowest BCUT2D eigenvalue weighted by molar-refractivity contribution is -0.137. The van der Waals surface area contributed by atoms with Crippen LogP contribution < -0.4 is 0 Å². The molecule has 0 spiro atoms. The molecule has 0 aromatic carbocycles. The van der Waals surface area contributed by atoms with E-state index >= 15 is 0 Å². The molecule has 322 valence electrons. The lowest BCUT2D eigenvalue weighted by Gasteiger charge is -2.58. The number of fused-ring (bicyclic) bond motifs is 10. The maximum atomic E-state index is 12.0. The van der Waals surface area contributed by atoms with Crippen LogP contribution >= 0.6 is 0 Å². The number of aliphatic carboxylic acids is 1. The molecule has 0 radical (unpaired) electrons. The van der Waals surface area contributed by atoms with Crippen LogP contribution in [0.1, 0.15) is 197 Å². The Bertz CT molecular complexity index is 1520. The van der Waals surface area contributed by atoms with E-state index in [4.69, 9.17) is 5.11 Å². The van der Waals surface area contributed by atoms with Crippen LogP contribution in [0.25, 0.3) is 0 Å². The van der Waals surface area contributed by atoms with Gasteiger partial charge in [-0.2, -0.15) is 0 Å². The molecule has 0 aromatic rings. The van der Waals surface area contributed by atoms with Gasteiger partial charge in [0.1, 0.15) is 0 Å². The molecule has 6 fully saturated rings. The number of carbonyl (C=O) groups excluding carboxylic acids is 1. The Morgan fingerprint density at radius 2 is 1.30 bits per heavy atom. The molecular formula is C53H86O4. The zero-order chi connectivity index (χ0) is 41.1. The van der Waals surface area contributed by atoms with E-state index in [9.17, 15) is 14.7 Å². The van der Waals surface area contributed by atoms with Crippen molar-refractivity contribution < 1.29 is 19.8 Å². The van der Waals surface area contributed by atoms with Gasteiger partial charge in [0.15, 0.2) is 5.78 Å². The number of hydrogen-bond donors (Lipinski definition) is 2. The molecule has 8 aliphatic rings. The third-order valence-corrected chi connectivity index (χ3v) is 20.8. The smallest absolute Gasteiger partial charge is 0.303 e. The predicted molar refractivity (Wildman–Crippen MR) is 234 cm³/mol. The van der Waals surface area contributed by atoms with Crippen LogP contribution in [0.5, 0.6) is 0 Å². The second-order valence-corrected chi connectivity index (χ2v) is 23.5. The second-order valence-electron chi connectivity index (χ2n) is 23.5. The highest BCUT2D eigenvalue weighted by molar-refractivity contribution is 5.91. The molecule has 2 N–H and O–H groups in total. The number of carboxylic acids is 1. The molecule has 0 saturated heterocycles. The van der Waals surface area contributed by atoms with Crippen LogP contribution in [-0.4, -0.2) is 28.1 Å². The Balaban J connectivity index is 0.000000175. The fraction of sp³-hybridized carbons (Fsp3) is 0.887. The highest BCUT2D eigenvalue weighted by atomic mass is 16.4. The lowest BCUT2D eigenvalue weighted by Crippen LogP contribution is -2.51. The quantitative estimate of drug-likeness (QED) is 0.216. The molecule has 6 saturated carbocycles. The number of aliphatic hydroxyl groups is 1. The van der Waals surface area contributed by atoms with Gasteiger partial charge in [0.05, 0.1) is 6.10 Å². The number of rotatable bonds is 10. The van der Waals surface area contributed by atoms with Gasteiger partial charge in [0, 0.05) is 12.8 Å². The summed E-state index contributed by atoms with van der Waals surface area (Å²) < 4.78 is 0. The van der Waals surface area contributed by atoms with E-state index in [1.807, 2.05) is 6.08 Å². The van der Waals surface area contributed by atoms with Crippen molar-refractivity contribution >= 4 is 11.8 Å². The van der Waals surface area contributed by atoms with E-state index in [2.05, 4.69) is 68.4 Å². The monoisotopic (exact) mass is 787 g/mol. The molecule has 0 bridgehead atoms. The average molecular weight is 787 g/mol. The Kier molecular flexibility index (Phi) is 12.9. The fourth-order valence-electron chi connectivity index (χ4n) is 17.4. The van der Waals surface area contributed by atoms with Crippen molar-refractivity contribution in [3.63, 3.8) is 0 Å². The zero-order valence-corrected chi connectivity index (χ0v) is 38.2. The Labute approximate surface area is 349 Å². The second kappa shape index (κ2) is 16.8. The summed E-state index contributed by atoms with van der Waals surface area (Å²) in [6, 6.07) is 0. The van der Waals surface area contributed by atoms with Gasteiger partial charge in [-0.05, 0) is 208 Å². The van der Waals surface area contributed by atoms with E-state index in [0.29, 0.717) is 40.3 Å². The molecule has 4 heteroatoms. The normalized spacial score (nSPS) is 45.0. The predicted octanol–water partition coefficient (Wildman–Crippen LogP) is 13.7. The molecule has 8 aliphatic carbocycles. The van der Waals surface area contributed by atoms with E-state index in [-0.39, 0.29) is 11.5 Å². The Morgan fingerprint density at radius 3 is 1.91 bits per heavy atom. The minimum Gasteiger partial charge on any atom is -0.481 e. The molecule has 0 aliphatic heterocycles. The first kappa shape index (κ1) is 43.7. The molecule has 0 aromatic heterocycles. The van der Waals surface area contributed by atoms with Crippen LogP contribution in [0.2, 0.25) is 0 Å².